The molecule has 0 saturated heterocycles. The number of halogens is 1. The molecule has 0 aliphatic heterocycles. The summed E-state index contributed by atoms with van der Waals surface area (Å²) in [5.74, 6) is 2.80. The number of hydrogen-bond donors (Lipinski definition) is 0. The van der Waals surface area contributed by atoms with Crippen LogP contribution in [-0.4, -0.2) is 30.4 Å². The lowest BCUT2D eigenvalue weighted by atomic mass is 10.2. The highest BCUT2D eigenvalue weighted by molar-refractivity contribution is 7.99. The highest BCUT2D eigenvalue weighted by atomic mass is 35.5. The zero-order chi connectivity index (χ0) is 20.6. The molecule has 29 heavy (non-hydrogen) atoms. The van der Waals surface area contributed by atoms with Gasteiger partial charge in [0, 0.05) is 22.8 Å². The summed E-state index contributed by atoms with van der Waals surface area (Å²) in [6, 6.07) is 15.4. The number of aromatic nitrogens is 1. The van der Waals surface area contributed by atoms with Crippen LogP contribution in [0.3, 0.4) is 0 Å². The molecule has 0 atom stereocenters. The molecule has 0 unspecified atom stereocenters. The maximum absolute atomic E-state index is 11.2. The Hall–Kier alpha value is -2.44. The third-order valence-corrected chi connectivity index (χ3v) is 5.36. The normalized spacial score (nSPS) is 10.7. The number of thioether (sulfide) groups is 1. The van der Waals surface area contributed by atoms with Crippen LogP contribution >= 0.6 is 23.4 Å². The van der Waals surface area contributed by atoms with Gasteiger partial charge < -0.3 is 13.9 Å². The lowest BCUT2D eigenvalue weighted by Crippen LogP contribution is -2.04. The Labute approximate surface area is 179 Å². The topological polar surface area (TPSA) is 61.6 Å². The van der Waals surface area contributed by atoms with E-state index >= 15 is 0 Å². The third kappa shape index (κ3) is 6.27. The third-order valence-electron chi connectivity index (χ3n) is 4.17. The number of methoxy groups -OCH3 is 1. The molecule has 0 aliphatic carbocycles. The molecular weight excluding hydrogens is 410 g/mol. The van der Waals surface area contributed by atoms with Gasteiger partial charge in [0.05, 0.1) is 25.2 Å². The summed E-state index contributed by atoms with van der Waals surface area (Å²) in [6.07, 6.45) is 0.626. The molecule has 3 aromatic rings. The van der Waals surface area contributed by atoms with E-state index in [4.69, 9.17) is 20.8 Å². The first-order chi connectivity index (χ1) is 14.0. The molecule has 1 aromatic heterocycles. The van der Waals surface area contributed by atoms with Crippen LogP contribution < -0.4 is 4.74 Å². The van der Waals surface area contributed by atoms with Gasteiger partial charge >= 0.3 is 5.97 Å². The minimum Gasteiger partial charge on any atom is -0.493 e. The van der Waals surface area contributed by atoms with E-state index in [0.29, 0.717) is 41.2 Å². The van der Waals surface area contributed by atoms with Crippen molar-refractivity contribution >= 4 is 29.3 Å². The van der Waals surface area contributed by atoms with Crippen molar-refractivity contribution in [3.63, 3.8) is 0 Å². The molecule has 0 bridgehead atoms. The zero-order valence-corrected chi connectivity index (χ0v) is 17.9. The number of hydrogen-bond acceptors (Lipinski definition) is 6. The maximum Gasteiger partial charge on any atom is 0.315 e. The summed E-state index contributed by atoms with van der Waals surface area (Å²) in [5.41, 5.74) is 2.82. The Morgan fingerprint density at radius 1 is 1.21 bits per heavy atom. The van der Waals surface area contributed by atoms with Gasteiger partial charge in [-0.3, -0.25) is 4.79 Å². The van der Waals surface area contributed by atoms with Gasteiger partial charge in [0.15, 0.2) is 0 Å². The Kier molecular flexibility index (Phi) is 7.61. The van der Waals surface area contributed by atoms with Crippen molar-refractivity contribution in [1.29, 1.82) is 0 Å². The van der Waals surface area contributed by atoms with Crippen molar-refractivity contribution in [2.24, 2.45) is 0 Å². The summed E-state index contributed by atoms with van der Waals surface area (Å²) in [6.45, 7) is 2.36. The summed E-state index contributed by atoms with van der Waals surface area (Å²) >= 11 is 7.67. The fraction of sp³-hybridized carbons (Fsp3) is 0.273. The summed E-state index contributed by atoms with van der Waals surface area (Å²) in [4.78, 5) is 15.8. The number of nitrogens with zero attached hydrogens (tertiary/aromatic N) is 1. The van der Waals surface area contributed by atoms with Crippen LogP contribution in [0.15, 0.2) is 52.9 Å². The highest BCUT2D eigenvalue weighted by Crippen LogP contribution is 2.25. The Morgan fingerprint density at radius 3 is 2.76 bits per heavy atom. The van der Waals surface area contributed by atoms with E-state index in [0.717, 1.165) is 22.6 Å². The van der Waals surface area contributed by atoms with Crippen LogP contribution in [-0.2, 0) is 21.7 Å². The standard InChI is InChI=1S/C22H22ClNO4S/c1-15-20(24-22(28-15)17-6-4-3-5-7-17)8-9-27-19-11-16(10-18(23)12-19)13-29-14-21(25)26-2/h3-7,10-12H,8-9,13-14H2,1-2H3. The minimum absolute atomic E-state index is 0.244. The van der Waals surface area contributed by atoms with Crippen LogP contribution in [0.25, 0.3) is 11.5 Å². The first-order valence-corrected chi connectivity index (χ1v) is 10.7. The quantitative estimate of drug-likeness (QED) is 0.426. The van der Waals surface area contributed by atoms with E-state index in [1.165, 1.54) is 18.9 Å². The second-order valence-corrected chi connectivity index (χ2v) is 7.77. The Balaban J connectivity index is 1.56. The van der Waals surface area contributed by atoms with Crippen molar-refractivity contribution in [3.8, 4) is 17.2 Å². The number of benzene rings is 2. The fourth-order valence-electron chi connectivity index (χ4n) is 2.73. The van der Waals surface area contributed by atoms with E-state index in [2.05, 4.69) is 9.72 Å². The monoisotopic (exact) mass is 431 g/mol. The lowest BCUT2D eigenvalue weighted by Gasteiger charge is -2.09. The molecule has 0 aliphatic rings. The summed E-state index contributed by atoms with van der Waals surface area (Å²) < 4.78 is 16.3. The van der Waals surface area contributed by atoms with Gasteiger partial charge in [-0.2, -0.15) is 0 Å². The molecule has 0 saturated carbocycles. The van der Waals surface area contributed by atoms with E-state index in [1.54, 1.807) is 6.07 Å². The second-order valence-electron chi connectivity index (χ2n) is 6.35. The molecule has 0 fully saturated rings. The Bertz CT molecular complexity index is 959. The van der Waals surface area contributed by atoms with E-state index in [9.17, 15) is 4.79 Å². The average molecular weight is 432 g/mol. The van der Waals surface area contributed by atoms with Gasteiger partial charge in [-0.1, -0.05) is 29.8 Å². The van der Waals surface area contributed by atoms with E-state index in [1.807, 2.05) is 49.4 Å². The fourth-order valence-corrected chi connectivity index (χ4v) is 3.76. The predicted molar refractivity (Wildman–Crippen MR) is 116 cm³/mol. The highest BCUT2D eigenvalue weighted by Gasteiger charge is 2.11. The molecule has 2 aromatic carbocycles. The molecule has 0 radical (unpaired) electrons. The number of ether oxygens (including phenoxy) is 2. The molecule has 0 spiro atoms. The first-order valence-electron chi connectivity index (χ1n) is 9.13. The number of carbonyl (C=O) groups excluding carboxylic acids is 1. The number of oxazole rings is 1. The first kappa shape index (κ1) is 21.3. The number of carbonyl (C=O) groups is 1. The zero-order valence-electron chi connectivity index (χ0n) is 16.3. The van der Waals surface area contributed by atoms with Crippen LogP contribution in [0, 0.1) is 6.92 Å². The molecule has 7 heteroatoms. The number of rotatable bonds is 9. The van der Waals surface area contributed by atoms with Gasteiger partial charge in [-0.15, -0.1) is 11.8 Å². The summed E-state index contributed by atoms with van der Waals surface area (Å²) in [5, 5.41) is 0.597. The molecule has 0 amide bonds. The van der Waals surface area contributed by atoms with E-state index in [-0.39, 0.29) is 5.97 Å². The predicted octanol–water partition coefficient (Wildman–Crippen LogP) is 5.33. The van der Waals surface area contributed by atoms with Gasteiger partial charge in [0.25, 0.3) is 0 Å². The number of aryl methyl sites for hydroxylation is 1. The molecule has 152 valence electrons. The van der Waals surface area contributed by atoms with Crippen LogP contribution in [0.4, 0.5) is 0 Å². The molecule has 3 rings (SSSR count). The maximum atomic E-state index is 11.2. The van der Waals surface area contributed by atoms with E-state index < -0.39 is 0 Å². The lowest BCUT2D eigenvalue weighted by molar-refractivity contribution is -0.137. The largest absolute Gasteiger partial charge is 0.493 e. The van der Waals surface area contributed by atoms with Crippen molar-refractivity contribution in [2.75, 3.05) is 19.5 Å². The minimum atomic E-state index is -0.244. The van der Waals surface area contributed by atoms with Gasteiger partial charge in [-0.25, -0.2) is 4.98 Å². The number of esters is 1. The van der Waals surface area contributed by atoms with Crippen molar-refractivity contribution < 1.29 is 18.7 Å². The molecule has 0 N–H and O–H groups in total. The van der Waals surface area contributed by atoms with Gasteiger partial charge in [0.2, 0.25) is 5.89 Å². The molecular formula is C22H22ClNO4S. The summed E-state index contributed by atoms with van der Waals surface area (Å²) in [7, 11) is 1.38. The van der Waals surface area contributed by atoms with Crippen molar-refractivity contribution in [1.82, 2.24) is 4.98 Å². The van der Waals surface area contributed by atoms with Crippen LogP contribution in [0.1, 0.15) is 17.0 Å². The van der Waals surface area contributed by atoms with Gasteiger partial charge in [0.1, 0.15) is 11.5 Å². The van der Waals surface area contributed by atoms with Crippen molar-refractivity contribution in [3.05, 3.63) is 70.6 Å². The molecule has 5 nitrogen and oxygen atoms in total. The second kappa shape index (κ2) is 10.4. The molecule has 1 heterocycles. The van der Waals surface area contributed by atoms with Crippen LogP contribution in [0.5, 0.6) is 5.75 Å². The average Bonchev–Trinajstić information content (AvgIpc) is 3.09. The Morgan fingerprint density at radius 2 is 2.00 bits per heavy atom. The van der Waals surface area contributed by atoms with Gasteiger partial charge in [-0.05, 0) is 42.8 Å². The SMILES string of the molecule is COC(=O)CSCc1cc(Cl)cc(OCCc2nc(-c3ccccc3)oc2C)c1. The smallest absolute Gasteiger partial charge is 0.315 e. The van der Waals surface area contributed by atoms with Crippen LogP contribution in [0.2, 0.25) is 5.02 Å². The van der Waals surface area contributed by atoms with Crippen molar-refractivity contribution in [2.45, 2.75) is 19.1 Å².